The fraction of sp³-hybridized carbons (Fsp3) is 0.529. The van der Waals surface area contributed by atoms with Gasteiger partial charge in [-0.15, -0.1) is 0 Å². The van der Waals surface area contributed by atoms with E-state index in [2.05, 4.69) is 0 Å². The van der Waals surface area contributed by atoms with Crippen LogP contribution in [-0.4, -0.2) is 89.8 Å². The first-order valence-corrected chi connectivity index (χ1v) is 19.1. The van der Waals surface area contributed by atoms with Gasteiger partial charge in [0.15, 0.2) is 0 Å². The molecule has 6 aliphatic rings. The summed E-state index contributed by atoms with van der Waals surface area (Å²) < 4.78 is 135. The van der Waals surface area contributed by atoms with Gasteiger partial charge in [-0.05, 0) is 154 Å². The van der Waals surface area contributed by atoms with E-state index < -0.39 is 31.3 Å². The molecule has 2 N–H and O–H groups in total. The van der Waals surface area contributed by atoms with Crippen molar-refractivity contribution in [2.75, 3.05) is 52.9 Å². The summed E-state index contributed by atoms with van der Waals surface area (Å²) in [5.41, 5.74) is -11.1. The molecule has 2 saturated carbocycles. The molecule has 0 aromatic rings. The Labute approximate surface area is 387 Å². The van der Waals surface area contributed by atoms with Crippen molar-refractivity contribution in [3.8, 4) is 0 Å². The Morgan fingerprint density at radius 1 is 0.333 bits per heavy atom. The van der Waals surface area contributed by atoms with Crippen molar-refractivity contribution in [1.82, 2.24) is 0 Å². The second-order valence-electron chi connectivity index (χ2n) is 10.2. The summed E-state index contributed by atoms with van der Waals surface area (Å²) in [7, 11) is -11.7. The Bertz CT molecular complexity index is 802. The molecule has 20 heteroatoms. The van der Waals surface area contributed by atoms with Gasteiger partial charge in [0.1, 0.15) is 0 Å². The molecule has 10 nitrogen and oxygen atoms in total. The maximum Gasteiger partial charge on any atom is 0.522 e. The van der Waals surface area contributed by atoms with Crippen LogP contribution in [0.4, 0.5) is 26.3 Å². The molecule has 6 fully saturated rings. The third kappa shape index (κ3) is 48.3. The van der Waals surface area contributed by atoms with Crippen molar-refractivity contribution >= 4 is 20.2 Å². The van der Waals surface area contributed by atoms with Gasteiger partial charge in [-0.2, -0.15) is 43.2 Å². The molecule has 2 aliphatic carbocycles. The van der Waals surface area contributed by atoms with Crippen molar-refractivity contribution in [3.05, 3.63) is 103 Å². The molecule has 0 aromatic heterocycles. The van der Waals surface area contributed by atoms with Crippen LogP contribution in [0.5, 0.6) is 0 Å². The summed E-state index contributed by atoms with van der Waals surface area (Å²) in [6.45, 7) is 8.00. The fourth-order valence-corrected chi connectivity index (χ4v) is 3.07. The van der Waals surface area contributed by atoms with E-state index in [4.69, 9.17) is 44.9 Å². The van der Waals surface area contributed by atoms with Gasteiger partial charge in [0, 0.05) is 135 Å². The molecule has 0 bridgehead atoms. The van der Waals surface area contributed by atoms with Gasteiger partial charge in [0.2, 0.25) is 0 Å². The van der Waals surface area contributed by atoms with Crippen molar-refractivity contribution < 1.29 is 154 Å². The van der Waals surface area contributed by atoms with Crippen LogP contribution in [-0.2, 0) is 39.2 Å². The first-order chi connectivity index (χ1) is 24.5. The van der Waals surface area contributed by atoms with Gasteiger partial charge < -0.3 is 18.9 Å². The summed E-state index contributed by atoms with van der Waals surface area (Å²) in [6, 6.07) is 0. The minimum atomic E-state index is -5.84. The molecule has 0 unspecified atom stereocenters. The summed E-state index contributed by atoms with van der Waals surface area (Å²) >= 11 is 0. The van der Waals surface area contributed by atoms with E-state index >= 15 is 0 Å². The van der Waals surface area contributed by atoms with Gasteiger partial charge in [-0.3, -0.25) is 9.11 Å². The van der Waals surface area contributed by atoms with E-state index in [1.807, 2.05) is 103 Å². The molecular formula is C34H50F6O10Pr2S2. The third-order valence-electron chi connectivity index (χ3n) is 5.67. The van der Waals surface area contributed by atoms with Crippen LogP contribution in [0.15, 0.2) is 0 Å². The molecule has 0 spiro atoms. The molecule has 6 rings (SSSR count). The largest absolute Gasteiger partial charge is 0.522 e. The topological polar surface area (TPSA) is 146 Å². The summed E-state index contributed by atoms with van der Waals surface area (Å²) in [5.74, 6) is 0. The van der Waals surface area contributed by atoms with Crippen LogP contribution in [0.25, 0.3) is 0 Å². The predicted octanol–water partition coefficient (Wildman–Crippen LogP) is 7.24. The van der Waals surface area contributed by atoms with Gasteiger partial charge in [-0.25, -0.2) is 0 Å². The van der Waals surface area contributed by atoms with Crippen LogP contribution in [0, 0.1) is 185 Å². The van der Waals surface area contributed by atoms with Crippen LogP contribution in [0.1, 0.15) is 51.4 Å². The molecule has 4 aliphatic heterocycles. The summed E-state index contributed by atoms with van der Waals surface area (Å²) in [5, 5.41) is 0. The van der Waals surface area contributed by atoms with E-state index in [0.29, 0.717) is 0 Å². The molecule has 306 valence electrons. The van der Waals surface area contributed by atoms with E-state index in [1.165, 1.54) is 51.4 Å². The summed E-state index contributed by atoms with van der Waals surface area (Å²) in [6.07, 6.45) is 42.2. The smallest absolute Gasteiger partial charge is 0.381 e. The van der Waals surface area contributed by atoms with Crippen LogP contribution in [0.2, 0.25) is 0 Å². The molecule has 0 aromatic carbocycles. The Kier molecular flexibility index (Phi) is 48.3. The number of hydrogen-bond donors (Lipinski definition) is 2. The number of rotatable bonds is 0. The number of alkyl halides is 6. The second kappa shape index (κ2) is 41.7. The third-order valence-corrected chi connectivity index (χ3v) is 6.84. The SMILES string of the molecule is C1CCOC1.C1CCOC1.C1CCOC1.C1CCOC1.O=S(=O)(O)C(F)(F)F.O=S(=O)(O)C(F)(F)F.[CH]1[CH][CH][CH][CH][CH][CH][CH]1.[CH]1[CH][CH][CH][CH][CH][CH][CH]1.[Pr].[Pr]. The Hall–Kier alpha value is 1.97. The quantitative estimate of drug-likeness (QED) is 0.145. The van der Waals surface area contributed by atoms with Gasteiger partial charge >= 0.3 is 31.3 Å². The maximum atomic E-state index is 10.7. The fourth-order valence-electron chi connectivity index (χ4n) is 3.07. The van der Waals surface area contributed by atoms with Crippen molar-refractivity contribution in [2.24, 2.45) is 0 Å². The van der Waals surface area contributed by atoms with Crippen LogP contribution in [0.3, 0.4) is 0 Å². The monoisotopic (exact) mass is 1080 g/mol. The minimum Gasteiger partial charge on any atom is -0.381 e. The van der Waals surface area contributed by atoms with Gasteiger partial charge in [0.05, 0.1) is 0 Å². The van der Waals surface area contributed by atoms with E-state index in [1.54, 1.807) is 0 Å². The predicted molar refractivity (Wildman–Crippen MR) is 184 cm³/mol. The van der Waals surface area contributed by atoms with Gasteiger partial charge in [-0.1, -0.05) is 0 Å². The van der Waals surface area contributed by atoms with Crippen LogP contribution >= 0.6 is 0 Å². The first kappa shape index (κ1) is 62.6. The maximum absolute atomic E-state index is 10.7. The normalized spacial score (nSPS) is 20.1. The molecule has 0 atom stereocenters. The zero-order valence-electron chi connectivity index (χ0n) is 30.0. The molecule has 54 heavy (non-hydrogen) atoms. The first-order valence-electron chi connectivity index (χ1n) is 16.2. The number of halogens is 6. The average molecular weight is 1080 g/mol. The zero-order valence-corrected chi connectivity index (χ0v) is 39.0. The van der Waals surface area contributed by atoms with Crippen molar-refractivity contribution in [1.29, 1.82) is 0 Å². The minimum absolute atomic E-state index is 0. The number of hydrogen-bond acceptors (Lipinski definition) is 8. The molecule has 18 radical (unpaired) electrons. The zero-order chi connectivity index (χ0) is 39.5. The van der Waals surface area contributed by atoms with E-state index in [9.17, 15) is 26.3 Å². The Morgan fingerprint density at radius 3 is 0.463 bits per heavy atom. The van der Waals surface area contributed by atoms with E-state index in [-0.39, 0.29) is 82.6 Å². The standard InChI is InChI=1S/2C8H8.4C4H8O.2CHF3O3S.2Pr/c2*1-2-4-6-8-7-5-3-1;4*1-2-4-5-3-1;2*2-1(3,4)8(5,6)7;;/h2*1-8H;4*1-4H2;2*(H,5,6,7);;. The molecular weight excluding hydrogens is 1030 g/mol. The Morgan fingerprint density at radius 2 is 0.426 bits per heavy atom. The second-order valence-corrected chi connectivity index (χ2v) is 13.0. The summed E-state index contributed by atoms with van der Waals surface area (Å²) in [4.78, 5) is 0. The van der Waals surface area contributed by atoms with Crippen molar-refractivity contribution in [3.63, 3.8) is 0 Å². The number of ether oxygens (including phenoxy) is 4. The van der Waals surface area contributed by atoms with Gasteiger partial charge in [0.25, 0.3) is 0 Å². The average Bonchev–Trinajstić information content (AvgIpc) is 3.87. The van der Waals surface area contributed by atoms with Crippen LogP contribution < -0.4 is 0 Å². The van der Waals surface area contributed by atoms with Crippen molar-refractivity contribution in [2.45, 2.75) is 62.4 Å². The molecule has 4 saturated heterocycles. The molecule has 4 heterocycles. The molecule has 0 amide bonds. The van der Waals surface area contributed by atoms with E-state index in [0.717, 1.165) is 52.9 Å². The Balaban J connectivity index is -0.000000265.